The van der Waals surface area contributed by atoms with Crippen LogP contribution in [0.2, 0.25) is 0 Å². The van der Waals surface area contributed by atoms with E-state index in [9.17, 15) is 9.59 Å². The molecule has 0 unspecified atom stereocenters. The second-order valence-corrected chi connectivity index (χ2v) is 5.08. The van der Waals surface area contributed by atoms with Gasteiger partial charge in [-0.3, -0.25) is 9.59 Å². The Bertz CT molecular complexity index is 716. The van der Waals surface area contributed by atoms with Crippen molar-refractivity contribution in [1.82, 2.24) is 0 Å². The summed E-state index contributed by atoms with van der Waals surface area (Å²) in [5.41, 5.74) is 1.77. The predicted octanol–water partition coefficient (Wildman–Crippen LogP) is 3.64. The molecule has 2 aromatic rings. The van der Waals surface area contributed by atoms with Crippen LogP contribution in [-0.2, 0) is 0 Å². The van der Waals surface area contributed by atoms with E-state index in [4.69, 9.17) is 4.74 Å². The van der Waals surface area contributed by atoms with Crippen molar-refractivity contribution in [2.75, 3.05) is 6.61 Å². The van der Waals surface area contributed by atoms with Gasteiger partial charge in [-0.05, 0) is 12.5 Å². The van der Waals surface area contributed by atoms with Gasteiger partial charge in [0.25, 0.3) is 0 Å². The molecular weight excluding hydrogens is 264 g/mol. The molecule has 1 aliphatic rings. The van der Waals surface area contributed by atoms with Crippen LogP contribution in [0.25, 0.3) is 0 Å². The van der Waals surface area contributed by atoms with Gasteiger partial charge < -0.3 is 4.74 Å². The van der Waals surface area contributed by atoms with Crippen LogP contribution in [-0.4, -0.2) is 18.2 Å². The van der Waals surface area contributed by atoms with E-state index in [0.717, 1.165) is 12.8 Å². The van der Waals surface area contributed by atoms with E-state index in [1.165, 1.54) is 0 Å². The SMILES string of the molecule is CCCCOc1cccc2c1C(=O)c1ccccc1C2=O. The zero-order valence-electron chi connectivity index (χ0n) is 11.9. The van der Waals surface area contributed by atoms with Gasteiger partial charge in [0, 0.05) is 16.7 Å². The summed E-state index contributed by atoms with van der Waals surface area (Å²) in [6.07, 6.45) is 1.94. The average Bonchev–Trinajstić information content (AvgIpc) is 2.53. The topological polar surface area (TPSA) is 43.4 Å². The van der Waals surface area contributed by atoms with Crippen LogP contribution in [0.15, 0.2) is 42.5 Å². The lowest BCUT2D eigenvalue weighted by atomic mass is 9.83. The van der Waals surface area contributed by atoms with Crippen LogP contribution in [0.5, 0.6) is 5.75 Å². The maximum absolute atomic E-state index is 12.7. The van der Waals surface area contributed by atoms with E-state index in [-0.39, 0.29) is 11.6 Å². The van der Waals surface area contributed by atoms with Crippen molar-refractivity contribution >= 4 is 11.6 Å². The van der Waals surface area contributed by atoms with Crippen molar-refractivity contribution in [2.24, 2.45) is 0 Å². The minimum Gasteiger partial charge on any atom is -0.493 e. The molecule has 0 fully saturated rings. The minimum absolute atomic E-state index is 0.110. The number of hydrogen-bond donors (Lipinski definition) is 0. The van der Waals surface area contributed by atoms with Crippen molar-refractivity contribution in [1.29, 1.82) is 0 Å². The molecule has 0 radical (unpaired) electrons. The Balaban J connectivity index is 2.08. The summed E-state index contributed by atoms with van der Waals surface area (Å²) in [6.45, 7) is 2.63. The Morgan fingerprint density at radius 2 is 1.52 bits per heavy atom. The molecule has 2 aromatic carbocycles. The molecule has 3 heteroatoms. The number of carbonyl (C=O) groups excluding carboxylic acids is 2. The molecule has 21 heavy (non-hydrogen) atoms. The van der Waals surface area contributed by atoms with Gasteiger partial charge in [-0.15, -0.1) is 0 Å². The van der Waals surface area contributed by atoms with E-state index >= 15 is 0 Å². The molecule has 3 rings (SSSR count). The molecule has 0 amide bonds. The molecule has 0 atom stereocenters. The highest BCUT2D eigenvalue weighted by atomic mass is 16.5. The van der Waals surface area contributed by atoms with Crippen molar-refractivity contribution in [3.63, 3.8) is 0 Å². The van der Waals surface area contributed by atoms with E-state index in [2.05, 4.69) is 6.92 Å². The summed E-state index contributed by atoms with van der Waals surface area (Å²) in [5, 5.41) is 0. The van der Waals surface area contributed by atoms with Gasteiger partial charge in [0.2, 0.25) is 0 Å². The van der Waals surface area contributed by atoms with Crippen LogP contribution < -0.4 is 4.74 Å². The van der Waals surface area contributed by atoms with Gasteiger partial charge in [0.15, 0.2) is 11.6 Å². The van der Waals surface area contributed by atoms with Crippen LogP contribution in [0.4, 0.5) is 0 Å². The first kappa shape index (κ1) is 13.6. The predicted molar refractivity (Wildman–Crippen MR) is 80.2 cm³/mol. The summed E-state index contributed by atoms with van der Waals surface area (Å²) in [7, 11) is 0. The van der Waals surface area contributed by atoms with E-state index in [0.29, 0.717) is 34.6 Å². The second-order valence-electron chi connectivity index (χ2n) is 5.08. The van der Waals surface area contributed by atoms with Crippen LogP contribution in [0.3, 0.4) is 0 Å². The molecule has 1 aliphatic carbocycles. The number of rotatable bonds is 4. The lowest BCUT2D eigenvalue weighted by Crippen LogP contribution is -2.21. The highest BCUT2D eigenvalue weighted by Gasteiger charge is 2.31. The van der Waals surface area contributed by atoms with E-state index in [1.807, 2.05) is 0 Å². The zero-order valence-corrected chi connectivity index (χ0v) is 11.9. The number of fused-ring (bicyclic) bond motifs is 2. The molecule has 0 saturated heterocycles. The number of hydrogen-bond acceptors (Lipinski definition) is 3. The third-order valence-electron chi connectivity index (χ3n) is 3.67. The lowest BCUT2D eigenvalue weighted by molar-refractivity contribution is 0.0975. The molecule has 0 bridgehead atoms. The Hall–Kier alpha value is -2.42. The normalized spacial score (nSPS) is 12.8. The van der Waals surface area contributed by atoms with E-state index in [1.54, 1.807) is 42.5 Å². The number of benzene rings is 2. The maximum Gasteiger partial charge on any atom is 0.198 e. The summed E-state index contributed by atoms with van der Waals surface area (Å²) in [4.78, 5) is 25.2. The van der Waals surface area contributed by atoms with Crippen LogP contribution in [0.1, 0.15) is 51.6 Å². The van der Waals surface area contributed by atoms with Crippen LogP contribution >= 0.6 is 0 Å². The quantitative estimate of drug-likeness (QED) is 0.685. The second kappa shape index (κ2) is 5.52. The molecule has 0 heterocycles. The summed E-state index contributed by atoms with van der Waals surface area (Å²) in [6, 6.07) is 12.2. The third-order valence-corrected chi connectivity index (χ3v) is 3.67. The summed E-state index contributed by atoms with van der Waals surface area (Å²) >= 11 is 0. The standard InChI is InChI=1S/C18H16O3/c1-2-3-11-21-15-10-6-9-14-16(15)18(20)13-8-5-4-7-12(13)17(14)19/h4-10H,2-3,11H2,1H3. The monoisotopic (exact) mass is 280 g/mol. The minimum atomic E-state index is -0.132. The molecule has 0 saturated carbocycles. The molecule has 0 aliphatic heterocycles. The number of carbonyl (C=O) groups is 2. The maximum atomic E-state index is 12.7. The summed E-state index contributed by atoms with van der Waals surface area (Å²) in [5.74, 6) is 0.266. The highest BCUT2D eigenvalue weighted by molar-refractivity contribution is 6.29. The lowest BCUT2D eigenvalue weighted by Gasteiger charge is -2.20. The van der Waals surface area contributed by atoms with Gasteiger partial charge in [0.05, 0.1) is 12.2 Å². The van der Waals surface area contributed by atoms with Crippen molar-refractivity contribution < 1.29 is 14.3 Å². The number of ether oxygens (including phenoxy) is 1. The third kappa shape index (κ3) is 2.25. The Kier molecular flexibility index (Phi) is 3.57. The van der Waals surface area contributed by atoms with Gasteiger partial charge in [-0.2, -0.15) is 0 Å². The van der Waals surface area contributed by atoms with Gasteiger partial charge in [-0.1, -0.05) is 49.7 Å². The zero-order chi connectivity index (χ0) is 14.8. The number of unbranched alkanes of at least 4 members (excludes halogenated alkanes) is 1. The molecule has 106 valence electrons. The largest absolute Gasteiger partial charge is 0.493 e. The first-order valence-electron chi connectivity index (χ1n) is 7.18. The number of ketones is 2. The Labute approximate surface area is 123 Å². The van der Waals surface area contributed by atoms with Crippen LogP contribution in [0, 0.1) is 0 Å². The molecule has 3 nitrogen and oxygen atoms in total. The Morgan fingerprint density at radius 1 is 0.857 bits per heavy atom. The highest BCUT2D eigenvalue weighted by Crippen LogP contribution is 2.33. The van der Waals surface area contributed by atoms with Crippen molar-refractivity contribution in [3.8, 4) is 5.75 Å². The molecule has 0 N–H and O–H groups in total. The first-order chi connectivity index (χ1) is 10.2. The molecule has 0 aromatic heterocycles. The van der Waals surface area contributed by atoms with Gasteiger partial charge in [0.1, 0.15) is 5.75 Å². The smallest absolute Gasteiger partial charge is 0.198 e. The van der Waals surface area contributed by atoms with Crippen molar-refractivity contribution in [3.05, 3.63) is 64.7 Å². The fourth-order valence-corrected chi connectivity index (χ4v) is 2.56. The van der Waals surface area contributed by atoms with Gasteiger partial charge in [-0.25, -0.2) is 0 Å². The Morgan fingerprint density at radius 3 is 2.24 bits per heavy atom. The average molecular weight is 280 g/mol. The fraction of sp³-hybridized carbons (Fsp3) is 0.222. The van der Waals surface area contributed by atoms with Gasteiger partial charge >= 0.3 is 0 Å². The van der Waals surface area contributed by atoms with Crippen molar-refractivity contribution in [2.45, 2.75) is 19.8 Å². The first-order valence-corrected chi connectivity index (χ1v) is 7.18. The van der Waals surface area contributed by atoms with E-state index < -0.39 is 0 Å². The molecule has 0 spiro atoms. The molecular formula is C18H16O3. The fourth-order valence-electron chi connectivity index (χ4n) is 2.56. The summed E-state index contributed by atoms with van der Waals surface area (Å²) < 4.78 is 5.71.